The van der Waals surface area contributed by atoms with Crippen LogP contribution >= 0.6 is 15.9 Å². The number of rotatable bonds is 1. The number of allylic oxidation sites excluding steroid dienone is 1. The summed E-state index contributed by atoms with van der Waals surface area (Å²) in [6.07, 6.45) is 3.58. The van der Waals surface area contributed by atoms with E-state index in [9.17, 15) is 0 Å². The van der Waals surface area contributed by atoms with Crippen molar-refractivity contribution in [1.29, 1.82) is 0 Å². The zero-order chi connectivity index (χ0) is 9.97. The van der Waals surface area contributed by atoms with Crippen LogP contribution in [0.2, 0.25) is 0 Å². The topological polar surface area (TPSA) is 30.7 Å². The molecule has 0 aliphatic rings. The number of nitrogens with zero attached hydrogens (tertiary/aromatic N) is 3. The molecule has 0 bridgehead atoms. The van der Waals surface area contributed by atoms with Gasteiger partial charge in [0.15, 0.2) is 0 Å². The standard InChI is InChI=1S/C10H8BrN3/c1-2-3-7-14-9-6-4-5-8(11)10(9)12-13-14/h2,4-7H,1H3. The van der Waals surface area contributed by atoms with Crippen molar-refractivity contribution in [3.63, 3.8) is 0 Å². The molecule has 0 unspecified atom stereocenters. The third kappa shape index (κ3) is 1.50. The Morgan fingerprint density at radius 3 is 3.14 bits per heavy atom. The van der Waals surface area contributed by atoms with E-state index in [1.165, 1.54) is 0 Å². The Morgan fingerprint density at radius 2 is 2.36 bits per heavy atom. The van der Waals surface area contributed by atoms with Crippen molar-refractivity contribution in [2.75, 3.05) is 0 Å². The van der Waals surface area contributed by atoms with Gasteiger partial charge in [0.25, 0.3) is 0 Å². The minimum Gasteiger partial charge on any atom is -0.212 e. The second kappa shape index (κ2) is 3.78. The molecule has 0 radical (unpaired) electrons. The molecule has 4 heteroatoms. The molecule has 3 nitrogen and oxygen atoms in total. The molecule has 0 N–H and O–H groups in total. The van der Waals surface area contributed by atoms with E-state index in [1.54, 1.807) is 10.9 Å². The van der Waals surface area contributed by atoms with E-state index in [0.717, 1.165) is 15.5 Å². The van der Waals surface area contributed by atoms with Crippen molar-refractivity contribution in [1.82, 2.24) is 15.0 Å². The Kier molecular flexibility index (Phi) is 2.48. The first-order valence-corrected chi connectivity index (χ1v) is 4.99. The highest BCUT2D eigenvalue weighted by atomic mass is 79.9. The quantitative estimate of drug-likeness (QED) is 0.728. The van der Waals surface area contributed by atoms with Crippen molar-refractivity contribution in [2.45, 2.75) is 6.92 Å². The lowest BCUT2D eigenvalue weighted by atomic mass is 10.3. The molecule has 0 aliphatic carbocycles. The van der Waals surface area contributed by atoms with Gasteiger partial charge in [0.1, 0.15) is 5.52 Å². The molecular formula is C10H8BrN3. The van der Waals surface area contributed by atoms with Gasteiger partial charge in [0.05, 0.1) is 11.7 Å². The summed E-state index contributed by atoms with van der Waals surface area (Å²) < 4.78 is 2.65. The molecule has 0 atom stereocenters. The lowest BCUT2D eigenvalue weighted by molar-refractivity contribution is 0.861. The van der Waals surface area contributed by atoms with Crippen LogP contribution in [0.25, 0.3) is 17.2 Å². The number of hydrogen-bond acceptors (Lipinski definition) is 2. The Bertz CT molecular complexity index is 521. The first kappa shape index (κ1) is 9.19. The Labute approximate surface area is 89.9 Å². The van der Waals surface area contributed by atoms with Crippen LogP contribution in [0, 0.1) is 0 Å². The normalized spacial score (nSPS) is 9.86. The highest BCUT2D eigenvalue weighted by molar-refractivity contribution is 9.10. The maximum atomic E-state index is 4.05. The number of aromatic nitrogens is 3. The molecule has 0 spiro atoms. The van der Waals surface area contributed by atoms with Crippen molar-refractivity contribution < 1.29 is 0 Å². The fourth-order valence-electron chi connectivity index (χ4n) is 1.17. The first-order valence-electron chi connectivity index (χ1n) is 4.19. The highest BCUT2D eigenvalue weighted by Gasteiger charge is 2.03. The van der Waals surface area contributed by atoms with Crippen LogP contribution in [-0.4, -0.2) is 15.0 Å². The molecule has 70 valence electrons. The monoisotopic (exact) mass is 249 g/mol. The van der Waals surface area contributed by atoms with Gasteiger partial charge < -0.3 is 0 Å². The van der Waals surface area contributed by atoms with Crippen LogP contribution in [0.1, 0.15) is 6.92 Å². The van der Waals surface area contributed by atoms with E-state index in [0.29, 0.717) is 0 Å². The number of halogens is 1. The molecule has 0 aliphatic heterocycles. The zero-order valence-corrected chi connectivity index (χ0v) is 9.19. The lowest BCUT2D eigenvalue weighted by Crippen LogP contribution is -1.86. The van der Waals surface area contributed by atoms with E-state index >= 15 is 0 Å². The minimum atomic E-state index is 0.863. The van der Waals surface area contributed by atoms with E-state index in [-0.39, 0.29) is 0 Å². The van der Waals surface area contributed by atoms with Gasteiger partial charge >= 0.3 is 0 Å². The fraction of sp³-hybridized carbons (Fsp3) is 0.100. The SMILES string of the molecule is CC=C=Cn1nnc2c(Br)cccc21. The van der Waals surface area contributed by atoms with Gasteiger partial charge in [-0.3, -0.25) is 0 Å². The van der Waals surface area contributed by atoms with Gasteiger partial charge in [0.2, 0.25) is 0 Å². The summed E-state index contributed by atoms with van der Waals surface area (Å²) in [6.45, 7) is 1.91. The molecule has 0 saturated carbocycles. The van der Waals surface area contributed by atoms with Gasteiger partial charge in [-0.05, 0) is 41.1 Å². The molecule has 0 amide bonds. The van der Waals surface area contributed by atoms with Crippen LogP contribution in [0.15, 0.2) is 34.5 Å². The Balaban J connectivity index is 2.69. The third-order valence-electron chi connectivity index (χ3n) is 1.82. The molecule has 1 heterocycles. The van der Waals surface area contributed by atoms with Crippen molar-refractivity contribution in [3.8, 4) is 0 Å². The summed E-state index contributed by atoms with van der Waals surface area (Å²) in [6, 6.07) is 5.87. The van der Waals surface area contributed by atoms with Gasteiger partial charge in [-0.1, -0.05) is 11.3 Å². The average Bonchev–Trinajstić information content (AvgIpc) is 2.60. The van der Waals surface area contributed by atoms with E-state index < -0.39 is 0 Å². The molecule has 1 aromatic heterocycles. The molecular weight excluding hydrogens is 242 g/mol. The van der Waals surface area contributed by atoms with Crippen molar-refractivity contribution in [2.24, 2.45) is 0 Å². The average molecular weight is 250 g/mol. The zero-order valence-electron chi connectivity index (χ0n) is 7.61. The smallest absolute Gasteiger partial charge is 0.127 e. The van der Waals surface area contributed by atoms with Crippen molar-refractivity contribution >= 4 is 33.2 Å². The second-order valence-electron chi connectivity index (χ2n) is 2.73. The summed E-state index contributed by atoms with van der Waals surface area (Å²) in [7, 11) is 0. The summed E-state index contributed by atoms with van der Waals surface area (Å²) in [5.74, 6) is 0. The Morgan fingerprint density at radius 1 is 1.50 bits per heavy atom. The molecule has 2 rings (SSSR count). The summed E-state index contributed by atoms with van der Waals surface area (Å²) >= 11 is 3.42. The van der Waals surface area contributed by atoms with Crippen LogP contribution in [0.5, 0.6) is 0 Å². The van der Waals surface area contributed by atoms with Gasteiger partial charge in [0, 0.05) is 4.47 Å². The second-order valence-corrected chi connectivity index (χ2v) is 3.58. The molecule has 0 saturated heterocycles. The van der Waals surface area contributed by atoms with Gasteiger partial charge in [-0.25, -0.2) is 4.68 Å². The van der Waals surface area contributed by atoms with Crippen molar-refractivity contribution in [3.05, 3.63) is 34.5 Å². The lowest BCUT2D eigenvalue weighted by Gasteiger charge is -1.92. The summed E-state index contributed by atoms with van der Waals surface area (Å²) in [4.78, 5) is 0. The number of fused-ring (bicyclic) bond motifs is 1. The summed E-state index contributed by atoms with van der Waals surface area (Å²) in [5, 5.41) is 8.04. The van der Waals surface area contributed by atoms with Gasteiger partial charge in [-0.15, -0.1) is 10.8 Å². The van der Waals surface area contributed by atoms with E-state index in [2.05, 4.69) is 32.0 Å². The molecule has 14 heavy (non-hydrogen) atoms. The minimum absolute atomic E-state index is 0.863. The maximum Gasteiger partial charge on any atom is 0.127 e. The molecule has 0 fully saturated rings. The maximum absolute atomic E-state index is 4.05. The van der Waals surface area contributed by atoms with Crippen LogP contribution in [0.3, 0.4) is 0 Å². The molecule has 2 aromatic rings. The van der Waals surface area contributed by atoms with E-state index in [1.807, 2.05) is 31.2 Å². The highest BCUT2D eigenvalue weighted by Crippen LogP contribution is 2.20. The number of benzene rings is 1. The predicted molar refractivity (Wildman–Crippen MR) is 59.7 cm³/mol. The van der Waals surface area contributed by atoms with Crippen LogP contribution < -0.4 is 0 Å². The third-order valence-corrected chi connectivity index (χ3v) is 2.46. The summed E-state index contributed by atoms with van der Waals surface area (Å²) in [5.41, 5.74) is 4.79. The van der Waals surface area contributed by atoms with Gasteiger partial charge in [-0.2, -0.15) is 0 Å². The predicted octanol–water partition coefficient (Wildman–Crippen LogP) is 2.84. The largest absolute Gasteiger partial charge is 0.212 e. The van der Waals surface area contributed by atoms with Crippen LogP contribution in [0.4, 0.5) is 0 Å². The van der Waals surface area contributed by atoms with Crippen LogP contribution in [-0.2, 0) is 0 Å². The molecule has 1 aromatic carbocycles. The first-order chi connectivity index (χ1) is 6.83. The van der Waals surface area contributed by atoms with E-state index in [4.69, 9.17) is 0 Å². The Hall–Kier alpha value is -1.38. The number of hydrogen-bond donors (Lipinski definition) is 0. The fourth-order valence-corrected chi connectivity index (χ4v) is 1.60.